The number of rotatable bonds is 3. The van der Waals surface area contributed by atoms with Crippen molar-refractivity contribution in [2.24, 2.45) is 0 Å². The Labute approximate surface area is 163 Å². The molecule has 0 bridgehead atoms. The number of likely N-dealkylation sites (tertiary alicyclic amines) is 1. The maximum Gasteiger partial charge on any atom is 0.246 e. The van der Waals surface area contributed by atoms with Gasteiger partial charge in [-0.2, -0.15) is 0 Å². The van der Waals surface area contributed by atoms with E-state index in [1.807, 2.05) is 46.7 Å². The molecule has 5 rings (SSSR count). The number of imidazole rings is 2. The molecule has 4 aromatic rings. The third-order valence-corrected chi connectivity index (χ3v) is 5.76. The van der Waals surface area contributed by atoms with Gasteiger partial charge in [-0.3, -0.25) is 4.79 Å². The number of nitrogens with one attached hydrogen (secondary N) is 1. The van der Waals surface area contributed by atoms with Crippen LogP contribution in [0.1, 0.15) is 43.2 Å². The molecule has 3 heterocycles. The first-order valence-electron chi connectivity index (χ1n) is 9.80. The number of fused-ring (bicyclic) bond motifs is 2. The Morgan fingerprint density at radius 1 is 1.21 bits per heavy atom. The Bertz CT molecular complexity index is 1170. The van der Waals surface area contributed by atoms with Crippen molar-refractivity contribution in [2.75, 3.05) is 6.54 Å². The van der Waals surface area contributed by atoms with Gasteiger partial charge in [0.2, 0.25) is 5.91 Å². The topological polar surface area (TPSA) is 66.8 Å². The predicted molar refractivity (Wildman–Crippen MR) is 109 cm³/mol. The Morgan fingerprint density at radius 3 is 2.96 bits per heavy atom. The number of para-hydroxylation sites is 2. The zero-order valence-corrected chi connectivity index (χ0v) is 16.1. The van der Waals surface area contributed by atoms with Gasteiger partial charge in [0, 0.05) is 6.54 Å². The van der Waals surface area contributed by atoms with Gasteiger partial charge in [0.15, 0.2) is 0 Å². The van der Waals surface area contributed by atoms with Crippen molar-refractivity contribution < 1.29 is 4.79 Å². The lowest BCUT2D eigenvalue weighted by atomic mass is 10.2. The molecule has 6 heteroatoms. The summed E-state index contributed by atoms with van der Waals surface area (Å²) < 4.78 is 1.97. The van der Waals surface area contributed by atoms with Gasteiger partial charge >= 0.3 is 0 Å². The third kappa shape index (κ3) is 2.68. The summed E-state index contributed by atoms with van der Waals surface area (Å²) in [6, 6.07) is 13.8. The highest BCUT2D eigenvalue weighted by Gasteiger charge is 2.35. The molecule has 1 aliphatic rings. The SMILES string of the molecule is Cc1ccc2nc(C3CCCN3C(=O)C(C)n3cnc4ccccc43)[nH]c2c1. The van der Waals surface area contributed by atoms with Crippen molar-refractivity contribution in [1.82, 2.24) is 24.4 Å². The van der Waals surface area contributed by atoms with E-state index in [4.69, 9.17) is 4.98 Å². The minimum atomic E-state index is -0.306. The standard InChI is InChI=1S/C22H23N5O/c1-14-9-10-16-18(12-14)25-21(24-16)20-8-5-11-26(20)22(28)15(2)27-13-23-17-6-3-4-7-19(17)27/h3-4,6-7,9-10,12-13,15,20H,5,8,11H2,1-2H3,(H,24,25). The zero-order chi connectivity index (χ0) is 19.3. The van der Waals surface area contributed by atoms with Crippen LogP contribution in [-0.4, -0.2) is 36.9 Å². The molecule has 1 fully saturated rings. The Hall–Kier alpha value is -3.15. The summed E-state index contributed by atoms with van der Waals surface area (Å²) >= 11 is 0. The van der Waals surface area contributed by atoms with E-state index >= 15 is 0 Å². The first-order valence-corrected chi connectivity index (χ1v) is 9.80. The van der Waals surface area contributed by atoms with E-state index in [1.165, 1.54) is 5.56 Å². The van der Waals surface area contributed by atoms with Crippen LogP contribution in [0.25, 0.3) is 22.1 Å². The van der Waals surface area contributed by atoms with Crippen molar-refractivity contribution in [2.45, 2.75) is 38.8 Å². The summed E-state index contributed by atoms with van der Waals surface area (Å²) in [5, 5.41) is 0. The van der Waals surface area contributed by atoms with Crippen LogP contribution in [0.3, 0.4) is 0 Å². The zero-order valence-electron chi connectivity index (χ0n) is 16.1. The van der Waals surface area contributed by atoms with Crippen LogP contribution in [0, 0.1) is 6.92 Å². The third-order valence-electron chi connectivity index (χ3n) is 5.76. The van der Waals surface area contributed by atoms with E-state index in [9.17, 15) is 4.79 Å². The molecule has 2 aromatic carbocycles. The number of carbonyl (C=O) groups is 1. The fraction of sp³-hybridized carbons (Fsp3) is 0.318. The van der Waals surface area contributed by atoms with Gasteiger partial charge in [-0.15, -0.1) is 0 Å². The molecule has 142 valence electrons. The molecule has 0 radical (unpaired) electrons. The second-order valence-corrected chi connectivity index (χ2v) is 7.65. The lowest BCUT2D eigenvalue weighted by Crippen LogP contribution is -2.36. The van der Waals surface area contributed by atoms with Crippen molar-refractivity contribution in [1.29, 1.82) is 0 Å². The Morgan fingerprint density at radius 2 is 2.07 bits per heavy atom. The van der Waals surface area contributed by atoms with Crippen LogP contribution in [0.4, 0.5) is 0 Å². The molecular weight excluding hydrogens is 350 g/mol. The predicted octanol–water partition coefficient (Wildman–Crippen LogP) is 4.15. The van der Waals surface area contributed by atoms with Gasteiger partial charge in [-0.25, -0.2) is 9.97 Å². The highest BCUT2D eigenvalue weighted by atomic mass is 16.2. The number of nitrogens with zero attached hydrogens (tertiary/aromatic N) is 4. The summed E-state index contributed by atoms with van der Waals surface area (Å²) in [6.07, 6.45) is 3.69. The first-order chi connectivity index (χ1) is 13.6. The fourth-order valence-corrected chi connectivity index (χ4v) is 4.26. The smallest absolute Gasteiger partial charge is 0.246 e. The maximum atomic E-state index is 13.4. The lowest BCUT2D eigenvalue weighted by Gasteiger charge is -2.27. The van der Waals surface area contributed by atoms with Gasteiger partial charge in [0.25, 0.3) is 0 Å². The maximum absolute atomic E-state index is 13.4. The van der Waals surface area contributed by atoms with Gasteiger partial charge in [0.05, 0.1) is 34.4 Å². The van der Waals surface area contributed by atoms with E-state index in [-0.39, 0.29) is 18.0 Å². The van der Waals surface area contributed by atoms with Crippen molar-refractivity contribution in [3.05, 3.63) is 60.2 Å². The average Bonchev–Trinajstić information content (AvgIpc) is 3.43. The molecular formula is C22H23N5O. The van der Waals surface area contributed by atoms with Crippen molar-refractivity contribution >= 4 is 28.0 Å². The molecule has 2 unspecified atom stereocenters. The minimum absolute atomic E-state index is 0.00237. The monoisotopic (exact) mass is 373 g/mol. The average molecular weight is 373 g/mol. The molecule has 1 amide bonds. The number of amides is 1. The molecule has 28 heavy (non-hydrogen) atoms. The number of aromatic nitrogens is 4. The molecule has 0 spiro atoms. The molecule has 2 atom stereocenters. The highest BCUT2D eigenvalue weighted by Crippen LogP contribution is 2.34. The normalized spacial score (nSPS) is 18.2. The number of aromatic amines is 1. The second-order valence-electron chi connectivity index (χ2n) is 7.65. The van der Waals surface area contributed by atoms with E-state index < -0.39 is 0 Å². The molecule has 0 saturated carbocycles. The lowest BCUT2D eigenvalue weighted by molar-refractivity contribution is -0.135. The summed E-state index contributed by atoms with van der Waals surface area (Å²) in [5.74, 6) is 0.997. The quantitative estimate of drug-likeness (QED) is 0.587. The van der Waals surface area contributed by atoms with Crippen LogP contribution in [-0.2, 0) is 4.79 Å². The van der Waals surface area contributed by atoms with E-state index in [0.717, 1.165) is 47.3 Å². The number of hydrogen-bond donors (Lipinski definition) is 1. The van der Waals surface area contributed by atoms with Crippen LogP contribution < -0.4 is 0 Å². The van der Waals surface area contributed by atoms with E-state index in [2.05, 4.69) is 29.0 Å². The Balaban J connectivity index is 1.46. The summed E-state index contributed by atoms with van der Waals surface area (Å²) in [5.41, 5.74) is 5.07. The van der Waals surface area contributed by atoms with Gasteiger partial charge in [-0.1, -0.05) is 18.2 Å². The summed E-state index contributed by atoms with van der Waals surface area (Å²) in [7, 11) is 0. The largest absolute Gasteiger partial charge is 0.340 e. The first kappa shape index (κ1) is 17.0. The van der Waals surface area contributed by atoms with Crippen molar-refractivity contribution in [3.63, 3.8) is 0 Å². The van der Waals surface area contributed by atoms with Gasteiger partial charge < -0.3 is 14.5 Å². The van der Waals surface area contributed by atoms with Crippen LogP contribution in [0.2, 0.25) is 0 Å². The molecule has 1 saturated heterocycles. The molecule has 6 nitrogen and oxygen atoms in total. The van der Waals surface area contributed by atoms with E-state index in [0.29, 0.717) is 0 Å². The van der Waals surface area contributed by atoms with Crippen LogP contribution >= 0.6 is 0 Å². The fourth-order valence-electron chi connectivity index (χ4n) is 4.26. The number of aryl methyl sites for hydroxylation is 1. The van der Waals surface area contributed by atoms with Crippen LogP contribution in [0.5, 0.6) is 0 Å². The summed E-state index contributed by atoms with van der Waals surface area (Å²) in [4.78, 5) is 28.0. The van der Waals surface area contributed by atoms with Gasteiger partial charge in [0.1, 0.15) is 11.9 Å². The molecule has 2 aromatic heterocycles. The molecule has 1 aliphatic heterocycles. The number of hydrogen-bond acceptors (Lipinski definition) is 3. The highest BCUT2D eigenvalue weighted by molar-refractivity contribution is 5.84. The second kappa shape index (κ2) is 6.48. The van der Waals surface area contributed by atoms with Crippen LogP contribution in [0.15, 0.2) is 48.8 Å². The van der Waals surface area contributed by atoms with Gasteiger partial charge in [-0.05, 0) is 56.5 Å². The Kier molecular flexibility index (Phi) is 3.93. The summed E-state index contributed by atoms with van der Waals surface area (Å²) in [6.45, 7) is 4.78. The van der Waals surface area contributed by atoms with Crippen molar-refractivity contribution in [3.8, 4) is 0 Å². The molecule has 0 aliphatic carbocycles. The number of carbonyl (C=O) groups excluding carboxylic acids is 1. The number of H-pyrrole nitrogens is 1. The number of benzene rings is 2. The molecule has 1 N–H and O–H groups in total. The minimum Gasteiger partial charge on any atom is -0.340 e. The van der Waals surface area contributed by atoms with E-state index in [1.54, 1.807) is 6.33 Å².